The van der Waals surface area contributed by atoms with E-state index in [0.29, 0.717) is 37.6 Å². The Morgan fingerprint density at radius 2 is 1.88 bits per heavy atom. The van der Waals surface area contributed by atoms with Crippen LogP contribution in [-0.2, 0) is 14.8 Å². The lowest BCUT2D eigenvalue weighted by atomic mass is 10.0. The number of nitrogens with one attached hydrogen (secondary N) is 1. The van der Waals surface area contributed by atoms with E-state index in [1.807, 2.05) is 0 Å². The number of hydrogen-bond donors (Lipinski definition) is 1. The van der Waals surface area contributed by atoms with Crippen molar-refractivity contribution in [2.45, 2.75) is 44.0 Å². The highest BCUT2D eigenvalue weighted by Crippen LogP contribution is 2.24. The van der Waals surface area contributed by atoms with Gasteiger partial charge in [-0.2, -0.15) is 4.31 Å². The molecule has 3 rings (SSSR count). The van der Waals surface area contributed by atoms with Crippen LogP contribution in [0.1, 0.15) is 30.7 Å². The minimum atomic E-state index is -3.63. The average molecular weight is 393 g/mol. The molecule has 0 bridgehead atoms. The largest absolute Gasteiger partial charge is 0.360 e. The minimum Gasteiger partial charge on any atom is -0.360 e. The van der Waals surface area contributed by atoms with Gasteiger partial charge in [0.1, 0.15) is 10.6 Å². The summed E-state index contributed by atoms with van der Waals surface area (Å²) < 4.78 is 32.0. The quantitative estimate of drug-likeness (QED) is 0.813. The summed E-state index contributed by atoms with van der Waals surface area (Å²) in [5, 5.41) is 6.98. The topological polar surface area (TPSA) is 95.8 Å². The van der Waals surface area contributed by atoms with Crippen molar-refractivity contribution in [1.82, 2.24) is 19.7 Å². The highest BCUT2D eigenvalue weighted by Gasteiger charge is 2.35. The van der Waals surface area contributed by atoms with Gasteiger partial charge in [0, 0.05) is 26.2 Å². The highest BCUT2D eigenvalue weighted by molar-refractivity contribution is 7.89. The number of nitrogens with zero attached hydrogens (tertiary/aromatic N) is 3. The summed E-state index contributed by atoms with van der Waals surface area (Å²) >= 11 is 0. The van der Waals surface area contributed by atoms with Crippen LogP contribution in [0, 0.1) is 13.8 Å². The van der Waals surface area contributed by atoms with Crippen LogP contribution in [0.3, 0.4) is 0 Å². The zero-order valence-electron chi connectivity index (χ0n) is 14.5. The number of hydrogen-bond acceptors (Lipinski definition) is 6. The Hall–Kier alpha value is -1.16. The molecule has 8 nitrogen and oxygen atoms in total. The van der Waals surface area contributed by atoms with E-state index in [2.05, 4.69) is 10.5 Å². The van der Waals surface area contributed by atoms with Crippen molar-refractivity contribution < 1.29 is 17.7 Å². The smallest absolute Gasteiger partial charge is 0.248 e. The summed E-state index contributed by atoms with van der Waals surface area (Å²) in [7, 11) is -3.63. The van der Waals surface area contributed by atoms with Crippen molar-refractivity contribution in [3.8, 4) is 0 Å². The third kappa shape index (κ3) is 3.99. The van der Waals surface area contributed by atoms with E-state index in [9.17, 15) is 13.2 Å². The maximum atomic E-state index is 12.8. The van der Waals surface area contributed by atoms with E-state index in [1.54, 1.807) is 18.7 Å². The van der Waals surface area contributed by atoms with Gasteiger partial charge in [0.25, 0.3) is 0 Å². The predicted octanol–water partition coefficient (Wildman–Crippen LogP) is 0.688. The van der Waals surface area contributed by atoms with Crippen molar-refractivity contribution in [2.24, 2.45) is 0 Å². The molecule has 1 aromatic rings. The molecule has 2 aliphatic heterocycles. The first-order valence-corrected chi connectivity index (χ1v) is 9.80. The summed E-state index contributed by atoms with van der Waals surface area (Å²) in [4.78, 5) is 14.4. The number of sulfonamides is 1. The number of halogens is 1. The van der Waals surface area contributed by atoms with Crippen LogP contribution >= 0.6 is 12.4 Å². The van der Waals surface area contributed by atoms with E-state index in [0.717, 1.165) is 25.8 Å². The summed E-state index contributed by atoms with van der Waals surface area (Å²) in [5.41, 5.74) is 0.373. The van der Waals surface area contributed by atoms with Gasteiger partial charge in [0.15, 0.2) is 5.76 Å². The monoisotopic (exact) mass is 392 g/mol. The molecular weight excluding hydrogens is 368 g/mol. The van der Waals surface area contributed by atoms with E-state index in [-0.39, 0.29) is 29.3 Å². The molecule has 10 heteroatoms. The second kappa shape index (κ2) is 8.03. The van der Waals surface area contributed by atoms with Crippen molar-refractivity contribution >= 4 is 28.3 Å². The molecule has 0 aliphatic carbocycles. The van der Waals surface area contributed by atoms with E-state index in [1.165, 1.54) is 4.31 Å². The first kappa shape index (κ1) is 20.2. The summed E-state index contributed by atoms with van der Waals surface area (Å²) in [6, 6.07) is -0.121. The third-order valence-electron chi connectivity index (χ3n) is 4.72. The van der Waals surface area contributed by atoms with Gasteiger partial charge < -0.3 is 14.7 Å². The van der Waals surface area contributed by atoms with Crippen LogP contribution in [0.15, 0.2) is 9.42 Å². The highest BCUT2D eigenvalue weighted by atomic mass is 35.5. The summed E-state index contributed by atoms with van der Waals surface area (Å²) in [6.07, 6.45) is 3.02. The lowest BCUT2D eigenvalue weighted by Crippen LogP contribution is -2.55. The molecule has 3 heterocycles. The van der Waals surface area contributed by atoms with Gasteiger partial charge >= 0.3 is 0 Å². The van der Waals surface area contributed by atoms with Gasteiger partial charge in [-0.1, -0.05) is 11.6 Å². The maximum absolute atomic E-state index is 12.8. The molecule has 2 aliphatic rings. The third-order valence-corrected chi connectivity index (χ3v) is 6.87. The first-order valence-electron chi connectivity index (χ1n) is 8.36. The van der Waals surface area contributed by atoms with Gasteiger partial charge in [-0.3, -0.25) is 4.79 Å². The molecule has 25 heavy (non-hydrogen) atoms. The molecule has 0 spiro atoms. The van der Waals surface area contributed by atoms with Gasteiger partial charge in [0.05, 0.1) is 6.04 Å². The Morgan fingerprint density at radius 3 is 2.40 bits per heavy atom. The van der Waals surface area contributed by atoms with Crippen LogP contribution in [0.4, 0.5) is 0 Å². The van der Waals surface area contributed by atoms with Crippen molar-refractivity contribution in [2.75, 3.05) is 32.7 Å². The van der Waals surface area contributed by atoms with Crippen LogP contribution in [-0.4, -0.2) is 67.5 Å². The number of piperidine rings is 1. The van der Waals surface area contributed by atoms with Gasteiger partial charge in [-0.05, 0) is 33.2 Å². The molecule has 1 aromatic heterocycles. The molecule has 1 amide bonds. The number of piperazine rings is 1. The van der Waals surface area contributed by atoms with E-state index < -0.39 is 10.0 Å². The van der Waals surface area contributed by atoms with Gasteiger partial charge in [-0.15, -0.1) is 12.4 Å². The zero-order valence-corrected chi connectivity index (χ0v) is 16.2. The molecule has 2 saturated heterocycles. The normalized spacial score (nSPS) is 22.5. The van der Waals surface area contributed by atoms with E-state index >= 15 is 0 Å². The van der Waals surface area contributed by atoms with Gasteiger partial charge in [-0.25, -0.2) is 8.42 Å². The van der Waals surface area contributed by atoms with Crippen LogP contribution < -0.4 is 5.32 Å². The predicted molar refractivity (Wildman–Crippen MR) is 94.2 cm³/mol. The molecule has 1 N–H and O–H groups in total. The zero-order chi connectivity index (χ0) is 17.3. The fourth-order valence-electron chi connectivity index (χ4n) is 3.40. The summed E-state index contributed by atoms with van der Waals surface area (Å²) in [5.74, 6) is 0.390. The fourth-order valence-corrected chi connectivity index (χ4v) is 5.12. The maximum Gasteiger partial charge on any atom is 0.248 e. The number of carbonyl (C=O) groups excluding carboxylic acids is 1. The number of rotatable bonds is 3. The minimum absolute atomic E-state index is 0. The van der Waals surface area contributed by atoms with Gasteiger partial charge in [0.2, 0.25) is 15.9 Å². The first-order chi connectivity index (χ1) is 11.4. The molecule has 0 aromatic carbocycles. The second-order valence-corrected chi connectivity index (χ2v) is 8.26. The second-order valence-electron chi connectivity index (χ2n) is 6.39. The standard InChI is InChI=1S/C15H24N4O4S.ClH/c1-11-14(12(2)23-17-11)24(21,22)19-9-7-18(8-10-19)15(20)13-5-3-4-6-16-13;/h13,16H,3-10H2,1-2H3;1H. The molecule has 1 unspecified atom stereocenters. The Balaban J connectivity index is 0.00000225. The Morgan fingerprint density at radius 1 is 1.20 bits per heavy atom. The van der Waals surface area contributed by atoms with Crippen molar-refractivity contribution in [3.05, 3.63) is 11.5 Å². The molecule has 2 fully saturated rings. The van der Waals surface area contributed by atoms with Crippen molar-refractivity contribution in [3.63, 3.8) is 0 Å². The van der Waals surface area contributed by atoms with Crippen LogP contribution in [0.25, 0.3) is 0 Å². The number of aromatic nitrogens is 1. The van der Waals surface area contributed by atoms with Crippen LogP contribution in [0.5, 0.6) is 0 Å². The number of amides is 1. The molecule has 0 saturated carbocycles. The Kier molecular flexibility index (Phi) is 6.47. The van der Waals surface area contributed by atoms with E-state index in [4.69, 9.17) is 4.52 Å². The molecule has 1 atom stereocenters. The lowest BCUT2D eigenvalue weighted by Gasteiger charge is -2.36. The van der Waals surface area contributed by atoms with Crippen LogP contribution in [0.2, 0.25) is 0 Å². The molecule has 142 valence electrons. The number of carbonyl (C=O) groups is 1. The Labute approximate surface area is 154 Å². The molecular formula is C15H25ClN4O4S. The SMILES string of the molecule is Cc1noc(C)c1S(=O)(=O)N1CCN(C(=O)C2CCCCN2)CC1.Cl. The fraction of sp³-hybridized carbons (Fsp3) is 0.733. The van der Waals surface area contributed by atoms with Crippen molar-refractivity contribution in [1.29, 1.82) is 0 Å². The average Bonchev–Trinajstić information content (AvgIpc) is 2.94. The number of aryl methyl sites for hydroxylation is 2. The lowest BCUT2D eigenvalue weighted by molar-refractivity contribution is -0.135. The molecule has 0 radical (unpaired) electrons. The summed E-state index contributed by atoms with van der Waals surface area (Å²) in [6.45, 7) is 5.52. The Bertz CT molecular complexity index is 688.